The molecule has 5 nitrogen and oxygen atoms in total. The van der Waals surface area contributed by atoms with E-state index in [-0.39, 0.29) is 17.0 Å². The van der Waals surface area contributed by atoms with Crippen LogP contribution in [-0.2, 0) is 13.0 Å². The Morgan fingerprint density at radius 1 is 1.38 bits per heavy atom. The minimum Gasteiger partial charge on any atom is -0.367 e. The molecule has 0 radical (unpaired) electrons. The molecule has 21 heavy (non-hydrogen) atoms. The van der Waals surface area contributed by atoms with Crippen LogP contribution in [0.3, 0.4) is 0 Å². The largest absolute Gasteiger partial charge is 0.367 e. The van der Waals surface area contributed by atoms with Crippen molar-refractivity contribution in [2.75, 3.05) is 11.4 Å². The Kier molecular flexibility index (Phi) is 3.47. The molecule has 0 fully saturated rings. The van der Waals surface area contributed by atoms with Crippen LogP contribution in [0.4, 0.5) is 11.4 Å². The van der Waals surface area contributed by atoms with Gasteiger partial charge < -0.3 is 4.90 Å². The van der Waals surface area contributed by atoms with E-state index in [0.29, 0.717) is 0 Å². The molecule has 0 atom stereocenters. The monoisotopic (exact) mass is 302 g/mol. The van der Waals surface area contributed by atoms with Crippen LogP contribution in [0.15, 0.2) is 29.6 Å². The van der Waals surface area contributed by atoms with Gasteiger partial charge in [-0.2, -0.15) is 0 Å². The maximum Gasteiger partial charge on any atom is 0.280 e. The molecule has 6 heteroatoms. The van der Waals surface area contributed by atoms with Crippen molar-refractivity contribution < 1.29 is 9.72 Å². The third-order valence-corrected chi connectivity index (χ3v) is 4.75. The van der Waals surface area contributed by atoms with Gasteiger partial charge in [0, 0.05) is 29.7 Å². The van der Waals surface area contributed by atoms with Gasteiger partial charge in [0.25, 0.3) is 5.69 Å². The van der Waals surface area contributed by atoms with E-state index in [2.05, 4.69) is 16.3 Å². The molecule has 0 amide bonds. The number of Topliss-reactive ketones (excluding diaryl/α,β-unsaturated/α-hetero) is 1. The lowest BCUT2D eigenvalue weighted by Crippen LogP contribution is -2.29. The summed E-state index contributed by atoms with van der Waals surface area (Å²) >= 11 is 1.77. The van der Waals surface area contributed by atoms with Crippen molar-refractivity contribution >= 4 is 28.5 Å². The summed E-state index contributed by atoms with van der Waals surface area (Å²) in [7, 11) is 0. The maximum absolute atomic E-state index is 11.6. The Hall–Kier alpha value is -2.21. The average molecular weight is 302 g/mol. The van der Waals surface area contributed by atoms with Crippen molar-refractivity contribution in [2.45, 2.75) is 19.9 Å². The molecule has 2 heterocycles. The average Bonchev–Trinajstić information content (AvgIpc) is 2.93. The fourth-order valence-corrected chi connectivity index (χ4v) is 3.52. The third-order valence-electron chi connectivity index (χ3n) is 3.73. The summed E-state index contributed by atoms with van der Waals surface area (Å²) in [5.74, 6) is -0.281. The highest BCUT2D eigenvalue weighted by atomic mass is 32.1. The summed E-state index contributed by atoms with van der Waals surface area (Å²) in [6.45, 7) is 3.01. The standard InChI is InChI=1S/C15H14N2O3S/c1-10(18)13-8-12(2-3-14(13)17(19)20)16-6-4-15-11(9-16)5-7-21-15/h2-3,5,7-8H,4,6,9H2,1H3. The molecule has 0 N–H and O–H groups in total. The van der Waals surface area contributed by atoms with Crippen LogP contribution in [0, 0.1) is 10.1 Å². The van der Waals surface area contributed by atoms with E-state index >= 15 is 0 Å². The Bertz CT molecular complexity index is 723. The van der Waals surface area contributed by atoms with Gasteiger partial charge in [-0.15, -0.1) is 11.3 Å². The van der Waals surface area contributed by atoms with Gasteiger partial charge in [0.05, 0.1) is 10.5 Å². The minimum atomic E-state index is -0.506. The summed E-state index contributed by atoms with van der Waals surface area (Å²) in [5, 5.41) is 13.1. The molecule has 1 aromatic heterocycles. The van der Waals surface area contributed by atoms with E-state index in [1.54, 1.807) is 23.5 Å². The second kappa shape index (κ2) is 5.29. The van der Waals surface area contributed by atoms with Crippen LogP contribution in [0.5, 0.6) is 0 Å². The molecule has 2 aromatic rings. The van der Waals surface area contributed by atoms with Gasteiger partial charge in [0.2, 0.25) is 0 Å². The number of carbonyl (C=O) groups is 1. The van der Waals surface area contributed by atoms with Gasteiger partial charge in [0.15, 0.2) is 5.78 Å². The van der Waals surface area contributed by atoms with Gasteiger partial charge in [-0.3, -0.25) is 14.9 Å². The molecule has 0 bridgehead atoms. The Morgan fingerprint density at radius 2 is 2.19 bits per heavy atom. The van der Waals surface area contributed by atoms with Crippen LogP contribution in [-0.4, -0.2) is 17.3 Å². The number of benzene rings is 1. The molecule has 1 aliphatic heterocycles. The van der Waals surface area contributed by atoms with Gasteiger partial charge in [-0.05, 0) is 42.5 Å². The second-order valence-corrected chi connectivity index (χ2v) is 6.06. The Morgan fingerprint density at radius 3 is 2.90 bits per heavy atom. The van der Waals surface area contributed by atoms with E-state index in [4.69, 9.17) is 0 Å². The number of ketones is 1. The molecule has 0 aliphatic carbocycles. The maximum atomic E-state index is 11.6. The normalized spacial score (nSPS) is 13.9. The van der Waals surface area contributed by atoms with E-state index in [1.807, 2.05) is 0 Å². The highest BCUT2D eigenvalue weighted by Gasteiger charge is 2.22. The topological polar surface area (TPSA) is 63.5 Å². The van der Waals surface area contributed by atoms with Crippen molar-refractivity contribution in [3.05, 3.63) is 55.8 Å². The molecule has 0 spiro atoms. The van der Waals surface area contributed by atoms with Crippen LogP contribution < -0.4 is 4.90 Å². The zero-order valence-electron chi connectivity index (χ0n) is 11.5. The first-order valence-corrected chi connectivity index (χ1v) is 7.54. The number of carbonyl (C=O) groups excluding carboxylic acids is 1. The quantitative estimate of drug-likeness (QED) is 0.495. The van der Waals surface area contributed by atoms with Crippen LogP contribution >= 0.6 is 11.3 Å². The van der Waals surface area contributed by atoms with E-state index in [0.717, 1.165) is 25.2 Å². The molecule has 0 saturated carbocycles. The van der Waals surface area contributed by atoms with Crippen LogP contribution in [0.2, 0.25) is 0 Å². The van der Waals surface area contributed by atoms with Gasteiger partial charge in [-0.1, -0.05) is 0 Å². The third kappa shape index (κ3) is 2.54. The van der Waals surface area contributed by atoms with Crippen molar-refractivity contribution in [2.24, 2.45) is 0 Å². The number of nitro benzene ring substituents is 1. The summed E-state index contributed by atoms with van der Waals surface area (Å²) in [6.07, 6.45) is 0.972. The number of thiophene rings is 1. The fraction of sp³-hybridized carbons (Fsp3) is 0.267. The number of nitro groups is 1. The molecule has 1 aromatic carbocycles. The minimum absolute atomic E-state index is 0.125. The van der Waals surface area contributed by atoms with Crippen molar-refractivity contribution in [1.29, 1.82) is 0 Å². The number of hydrogen-bond donors (Lipinski definition) is 0. The summed E-state index contributed by atoms with van der Waals surface area (Å²) in [6, 6.07) is 6.90. The fourth-order valence-electron chi connectivity index (χ4n) is 2.63. The molecule has 1 aliphatic rings. The molecular weight excluding hydrogens is 288 g/mol. The van der Waals surface area contributed by atoms with Gasteiger partial charge in [0.1, 0.15) is 0 Å². The Balaban J connectivity index is 1.95. The first kappa shape index (κ1) is 13.8. The smallest absolute Gasteiger partial charge is 0.280 e. The number of fused-ring (bicyclic) bond motifs is 1. The Labute approximate surface area is 126 Å². The number of anilines is 1. The first-order chi connectivity index (χ1) is 10.1. The molecule has 0 unspecified atom stereocenters. The highest BCUT2D eigenvalue weighted by Crippen LogP contribution is 2.30. The molecule has 108 valence electrons. The molecule has 3 rings (SSSR count). The van der Waals surface area contributed by atoms with Crippen molar-refractivity contribution in [3.8, 4) is 0 Å². The van der Waals surface area contributed by atoms with Crippen molar-refractivity contribution in [1.82, 2.24) is 0 Å². The zero-order valence-corrected chi connectivity index (χ0v) is 12.4. The van der Waals surface area contributed by atoms with E-state index in [1.165, 1.54) is 23.4 Å². The SMILES string of the molecule is CC(=O)c1cc(N2CCc3sccc3C2)ccc1[N+](=O)[O-]. The summed E-state index contributed by atoms with van der Waals surface area (Å²) < 4.78 is 0. The highest BCUT2D eigenvalue weighted by molar-refractivity contribution is 7.10. The predicted molar refractivity (Wildman–Crippen MR) is 82.2 cm³/mol. The molecular formula is C15H14N2O3S. The lowest BCUT2D eigenvalue weighted by atomic mass is 10.1. The lowest BCUT2D eigenvalue weighted by Gasteiger charge is -2.29. The number of nitrogens with zero attached hydrogens (tertiary/aromatic N) is 2. The second-order valence-electron chi connectivity index (χ2n) is 5.06. The van der Waals surface area contributed by atoms with Gasteiger partial charge >= 0.3 is 0 Å². The lowest BCUT2D eigenvalue weighted by molar-refractivity contribution is -0.385. The summed E-state index contributed by atoms with van der Waals surface area (Å²) in [5.41, 5.74) is 2.21. The molecule has 0 saturated heterocycles. The van der Waals surface area contributed by atoms with E-state index in [9.17, 15) is 14.9 Å². The number of hydrogen-bond acceptors (Lipinski definition) is 5. The van der Waals surface area contributed by atoms with Gasteiger partial charge in [-0.25, -0.2) is 0 Å². The van der Waals surface area contributed by atoms with Crippen LogP contribution in [0.1, 0.15) is 27.7 Å². The number of rotatable bonds is 3. The zero-order chi connectivity index (χ0) is 15.0. The van der Waals surface area contributed by atoms with Crippen LogP contribution in [0.25, 0.3) is 0 Å². The first-order valence-electron chi connectivity index (χ1n) is 6.66. The van der Waals surface area contributed by atoms with E-state index < -0.39 is 4.92 Å². The summed E-state index contributed by atoms with van der Waals surface area (Å²) in [4.78, 5) is 25.7. The van der Waals surface area contributed by atoms with Crippen molar-refractivity contribution in [3.63, 3.8) is 0 Å². The predicted octanol–water partition coefficient (Wildman–Crippen LogP) is 3.42.